The summed E-state index contributed by atoms with van der Waals surface area (Å²) in [5, 5.41) is 2.50. The smallest absolute Gasteiger partial charge is 0.341 e. The molecule has 0 bridgehead atoms. The number of rotatable bonds is 7. The first-order chi connectivity index (χ1) is 11.1. The van der Waals surface area contributed by atoms with Crippen molar-refractivity contribution in [1.29, 1.82) is 0 Å². The molecule has 0 spiro atoms. The van der Waals surface area contributed by atoms with Crippen molar-refractivity contribution in [2.24, 2.45) is 5.92 Å². The zero-order valence-corrected chi connectivity index (χ0v) is 14.3. The van der Waals surface area contributed by atoms with E-state index in [0.717, 1.165) is 24.3 Å². The Hall–Kier alpha value is -2.03. The van der Waals surface area contributed by atoms with E-state index in [1.54, 1.807) is 6.92 Å². The molecule has 1 aromatic carbocycles. The minimum absolute atomic E-state index is 0.0421. The predicted octanol–water partition coefficient (Wildman–Crippen LogP) is 2.00. The molecule has 1 rings (SSSR count). The predicted molar refractivity (Wildman–Crippen MR) is 82.4 cm³/mol. The lowest BCUT2D eigenvalue weighted by atomic mass is 9.99. The highest BCUT2D eigenvalue weighted by Crippen LogP contribution is 2.19. The van der Waals surface area contributed by atoms with Crippen LogP contribution in [0.3, 0.4) is 0 Å². The number of hydrogen-bond acceptors (Lipinski definition) is 5. The van der Waals surface area contributed by atoms with Crippen molar-refractivity contribution in [2.75, 3.05) is 7.11 Å². The fourth-order valence-corrected chi connectivity index (χ4v) is 2.64. The van der Waals surface area contributed by atoms with Gasteiger partial charge in [-0.25, -0.2) is 13.2 Å². The summed E-state index contributed by atoms with van der Waals surface area (Å²) in [6.45, 7) is 3.61. The fourth-order valence-electron chi connectivity index (χ4n) is 1.92. The Morgan fingerprint density at radius 1 is 1.21 bits per heavy atom. The first-order valence-corrected chi connectivity index (χ1v) is 8.70. The molecule has 1 N–H and O–H groups in total. The molecule has 2 atom stereocenters. The van der Waals surface area contributed by atoms with Crippen LogP contribution in [0.4, 0.5) is 8.78 Å². The van der Waals surface area contributed by atoms with Gasteiger partial charge in [-0.15, -0.1) is 0 Å². The molecule has 0 unspecified atom stereocenters. The number of methoxy groups -OCH3 is 1. The van der Waals surface area contributed by atoms with E-state index in [1.807, 2.05) is 6.92 Å². The van der Waals surface area contributed by atoms with E-state index in [-0.39, 0.29) is 11.5 Å². The number of esters is 1. The molecule has 0 fully saturated rings. The van der Waals surface area contributed by atoms with E-state index in [9.17, 15) is 26.8 Å². The second-order valence-corrected chi connectivity index (χ2v) is 7.11. The largest absolute Gasteiger partial charge is 0.467 e. The van der Waals surface area contributed by atoms with Gasteiger partial charge in [0, 0.05) is 5.56 Å². The number of carbonyl (C=O) groups is 2. The van der Waals surface area contributed by atoms with Crippen molar-refractivity contribution < 1.29 is 31.5 Å². The van der Waals surface area contributed by atoms with Crippen LogP contribution in [-0.4, -0.2) is 39.2 Å². The quantitative estimate of drug-likeness (QED) is 0.749. The third-order valence-electron chi connectivity index (χ3n) is 3.63. The van der Waals surface area contributed by atoms with Crippen molar-refractivity contribution in [3.63, 3.8) is 0 Å². The summed E-state index contributed by atoms with van der Waals surface area (Å²) < 4.78 is 52.2. The molecule has 0 aromatic heterocycles. The number of hydrogen-bond donors (Lipinski definition) is 1. The van der Waals surface area contributed by atoms with Crippen molar-refractivity contribution in [3.8, 4) is 0 Å². The van der Waals surface area contributed by atoms with Crippen LogP contribution in [0, 0.1) is 5.92 Å². The number of amides is 1. The number of halogens is 2. The maximum Gasteiger partial charge on any atom is 0.341 e. The Kier molecular flexibility index (Phi) is 6.82. The van der Waals surface area contributed by atoms with E-state index in [0.29, 0.717) is 6.42 Å². The van der Waals surface area contributed by atoms with Crippen molar-refractivity contribution in [3.05, 3.63) is 29.8 Å². The normalized spacial score (nSPS) is 14.1. The Morgan fingerprint density at radius 2 is 1.75 bits per heavy atom. The van der Waals surface area contributed by atoms with Gasteiger partial charge in [-0.3, -0.25) is 4.79 Å². The van der Waals surface area contributed by atoms with Gasteiger partial charge in [-0.05, 0) is 30.2 Å². The van der Waals surface area contributed by atoms with E-state index in [4.69, 9.17) is 0 Å². The molecule has 0 radical (unpaired) electrons. The average molecular weight is 363 g/mol. The standard InChI is InChI=1S/C15H19F2NO5S/c1-4-9(2)12(14(20)23-3)18-13(19)10-5-7-11(8-6-10)24(21,22)15(16)17/h5-9,12,15H,4H2,1-3H3,(H,18,19)/t9-,12-/m1/s1. The summed E-state index contributed by atoms with van der Waals surface area (Å²) in [6, 6.07) is 3.20. The number of sulfone groups is 1. The highest BCUT2D eigenvalue weighted by Gasteiger charge is 2.28. The molecule has 0 aliphatic heterocycles. The van der Waals surface area contributed by atoms with E-state index < -0.39 is 38.4 Å². The highest BCUT2D eigenvalue weighted by molar-refractivity contribution is 7.91. The number of carbonyl (C=O) groups excluding carboxylic acids is 2. The minimum Gasteiger partial charge on any atom is -0.467 e. The van der Waals surface area contributed by atoms with Crippen LogP contribution in [0.15, 0.2) is 29.2 Å². The third-order valence-corrected chi connectivity index (χ3v) is 5.03. The van der Waals surface area contributed by atoms with Crippen LogP contribution >= 0.6 is 0 Å². The zero-order chi connectivity index (χ0) is 18.5. The lowest BCUT2D eigenvalue weighted by Gasteiger charge is -2.21. The fraction of sp³-hybridized carbons (Fsp3) is 0.467. The summed E-state index contributed by atoms with van der Waals surface area (Å²) in [5.74, 6) is -4.95. The minimum atomic E-state index is -4.72. The second kappa shape index (κ2) is 8.18. The number of ether oxygens (including phenoxy) is 1. The Labute approximate surface area is 139 Å². The van der Waals surface area contributed by atoms with Gasteiger partial charge in [-0.2, -0.15) is 8.78 Å². The number of nitrogens with one attached hydrogen (secondary N) is 1. The highest BCUT2D eigenvalue weighted by atomic mass is 32.2. The van der Waals surface area contributed by atoms with Gasteiger partial charge in [0.25, 0.3) is 5.91 Å². The summed E-state index contributed by atoms with van der Waals surface area (Å²) in [4.78, 5) is 23.3. The zero-order valence-electron chi connectivity index (χ0n) is 13.5. The van der Waals surface area contributed by atoms with Crippen LogP contribution in [0.2, 0.25) is 0 Å². The molecule has 134 valence electrons. The topological polar surface area (TPSA) is 89.5 Å². The molecule has 1 amide bonds. The summed E-state index contributed by atoms with van der Waals surface area (Å²) in [6.07, 6.45) is 0.617. The van der Waals surface area contributed by atoms with Gasteiger partial charge in [0.1, 0.15) is 6.04 Å². The third kappa shape index (κ3) is 4.50. The maximum absolute atomic E-state index is 12.5. The lowest BCUT2D eigenvalue weighted by Crippen LogP contribution is -2.45. The Bertz CT molecular complexity index is 688. The van der Waals surface area contributed by atoms with Gasteiger partial charge in [0.05, 0.1) is 12.0 Å². The van der Waals surface area contributed by atoms with Crippen LogP contribution in [0.5, 0.6) is 0 Å². The molecule has 0 aliphatic carbocycles. The van der Waals surface area contributed by atoms with Crippen molar-refractivity contribution in [1.82, 2.24) is 5.32 Å². The molecular weight excluding hydrogens is 344 g/mol. The molecule has 0 heterocycles. The first-order valence-electron chi connectivity index (χ1n) is 7.15. The maximum atomic E-state index is 12.5. The van der Waals surface area contributed by atoms with Gasteiger partial charge >= 0.3 is 11.7 Å². The van der Waals surface area contributed by atoms with Crippen LogP contribution in [-0.2, 0) is 19.4 Å². The van der Waals surface area contributed by atoms with E-state index in [2.05, 4.69) is 10.1 Å². The van der Waals surface area contributed by atoms with E-state index >= 15 is 0 Å². The monoisotopic (exact) mass is 363 g/mol. The van der Waals surface area contributed by atoms with Gasteiger partial charge in [0.2, 0.25) is 9.84 Å². The summed E-state index contributed by atoms with van der Waals surface area (Å²) in [5.41, 5.74) is 0.0421. The molecule has 1 aromatic rings. The molecule has 0 saturated carbocycles. The summed E-state index contributed by atoms with van der Waals surface area (Å²) in [7, 11) is -3.51. The SMILES string of the molecule is CC[C@@H](C)[C@@H](NC(=O)c1ccc(S(=O)(=O)C(F)F)cc1)C(=O)OC. The van der Waals surface area contributed by atoms with Crippen molar-refractivity contribution >= 4 is 21.7 Å². The number of benzene rings is 1. The van der Waals surface area contributed by atoms with Gasteiger partial charge in [0.15, 0.2) is 0 Å². The van der Waals surface area contributed by atoms with Gasteiger partial charge in [-0.1, -0.05) is 20.3 Å². The first kappa shape index (κ1) is 20.0. The average Bonchev–Trinajstić information content (AvgIpc) is 2.57. The van der Waals surface area contributed by atoms with Crippen molar-refractivity contribution in [2.45, 2.75) is 37.0 Å². The Balaban J connectivity index is 2.98. The molecular formula is C15H19F2NO5S. The molecule has 6 nitrogen and oxygen atoms in total. The molecule has 24 heavy (non-hydrogen) atoms. The second-order valence-electron chi connectivity index (χ2n) is 5.19. The summed E-state index contributed by atoms with van der Waals surface area (Å²) >= 11 is 0. The molecule has 9 heteroatoms. The lowest BCUT2D eigenvalue weighted by molar-refractivity contribution is -0.144. The Morgan fingerprint density at radius 3 is 2.17 bits per heavy atom. The van der Waals surface area contributed by atoms with Gasteiger partial charge < -0.3 is 10.1 Å². The van der Waals surface area contributed by atoms with Crippen LogP contribution < -0.4 is 5.32 Å². The number of alkyl halides is 2. The van der Waals surface area contributed by atoms with Crippen LogP contribution in [0.1, 0.15) is 30.6 Å². The molecule has 0 aliphatic rings. The molecule has 0 saturated heterocycles. The van der Waals surface area contributed by atoms with Crippen LogP contribution in [0.25, 0.3) is 0 Å². The van der Waals surface area contributed by atoms with E-state index in [1.165, 1.54) is 7.11 Å².